The summed E-state index contributed by atoms with van der Waals surface area (Å²) >= 11 is 0. The molecule has 166 valence electrons. The summed E-state index contributed by atoms with van der Waals surface area (Å²) in [6, 6.07) is 3.34. The second-order valence-electron chi connectivity index (χ2n) is 6.21. The third-order valence-electron chi connectivity index (χ3n) is 4.06. The maximum atomic E-state index is 11.8. The quantitative estimate of drug-likeness (QED) is 0.325. The summed E-state index contributed by atoms with van der Waals surface area (Å²) in [4.78, 5) is 38.7. The summed E-state index contributed by atoms with van der Waals surface area (Å²) in [6.07, 6.45) is -2.06. The van der Waals surface area contributed by atoms with Crippen molar-refractivity contribution in [2.75, 3.05) is 19.5 Å². The molecular weight excluding hydrogens is 414 g/mol. The number of hydrogen-bond donors (Lipinski definition) is 1. The fraction of sp³-hybridized carbons (Fsp3) is 0.444. The second kappa shape index (κ2) is 10.6. The Kier molecular flexibility index (Phi) is 7.95. The molecule has 0 spiro atoms. The van der Waals surface area contributed by atoms with E-state index in [1.54, 1.807) is 12.1 Å². The van der Waals surface area contributed by atoms with Gasteiger partial charge in [-0.1, -0.05) is 0 Å². The van der Waals surface area contributed by atoms with E-state index < -0.39 is 43.0 Å². The molecule has 0 aromatic carbocycles. The zero-order valence-corrected chi connectivity index (χ0v) is 17.0. The van der Waals surface area contributed by atoms with Crippen molar-refractivity contribution in [3.63, 3.8) is 0 Å². The highest BCUT2D eigenvalue weighted by molar-refractivity contribution is 5.68. The number of carbonyl (C=O) groups is 3. The van der Waals surface area contributed by atoms with Crippen LogP contribution in [0, 0.1) is 11.5 Å². The molecular formula is C18H21N5O8. The summed E-state index contributed by atoms with van der Waals surface area (Å²) in [7, 11) is 1.10. The Morgan fingerprint density at radius 2 is 1.90 bits per heavy atom. The predicted octanol–water partition coefficient (Wildman–Crippen LogP) is 0.367. The maximum Gasteiger partial charge on any atom is 0.508 e. The van der Waals surface area contributed by atoms with Crippen LogP contribution in [-0.4, -0.2) is 64.7 Å². The van der Waals surface area contributed by atoms with Crippen LogP contribution in [-0.2, 0) is 39.7 Å². The average molecular weight is 435 g/mol. The number of nitriles is 1. The van der Waals surface area contributed by atoms with Gasteiger partial charge in [0.1, 0.15) is 24.6 Å². The van der Waals surface area contributed by atoms with Crippen LogP contribution >= 0.6 is 0 Å². The van der Waals surface area contributed by atoms with Crippen molar-refractivity contribution in [1.29, 1.82) is 5.26 Å². The third kappa shape index (κ3) is 6.20. The molecule has 3 atom stereocenters. The van der Waals surface area contributed by atoms with E-state index in [2.05, 4.69) is 14.8 Å². The van der Waals surface area contributed by atoms with E-state index in [1.165, 1.54) is 24.0 Å². The highest BCUT2D eigenvalue weighted by Gasteiger charge is 2.38. The molecule has 0 radical (unpaired) electrons. The van der Waals surface area contributed by atoms with Crippen molar-refractivity contribution in [2.24, 2.45) is 0 Å². The Bertz CT molecular complexity index is 985. The van der Waals surface area contributed by atoms with Gasteiger partial charge in [-0.05, 0) is 12.1 Å². The Morgan fingerprint density at radius 3 is 2.52 bits per heavy atom. The van der Waals surface area contributed by atoms with Crippen LogP contribution in [0.4, 0.5) is 10.6 Å². The molecule has 13 nitrogen and oxygen atoms in total. The van der Waals surface area contributed by atoms with Crippen molar-refractivity contribution < 1.29 is 38.1 Å². The number of fused-ring (bicyclic) bond motifs is 1. The molecule has 13 heteroatoms. The number of nitrogens with zero attached hydrogens (tertiary/aromatic N) is 4. The van der Waals surface area contributed by atoms with E-state index in [1.807, 2.05) is 0 Å². The number of carbonyl (C=O) groups excluding carboxylic acids is 3. The van der Waals surface area contributed by atoms with E-state index in [9.17, 15) is 14.4 Å². The first kappa shape index (κ1) is 23.2. The SMILES string of the molecule is COC(=O)OC[C@@H](OC#N)[C@@H](OC(C)=O)[C@H](Cc1ccc2c(N)ncnn12)OC(C)=O. The fourth-order valence-corrected chi connectivity index (χ4v) is 2.86. The average Bonchev–Trinajstić information content (AvgIpc) is 3.12. The van der Waals surface area contributed by atoms with E-state index in [0.29, 0.717) is 11.2 Å². The molecule has 0 saturated carbocycles. The molecule has 0 unspecified atom stereocenters. The first-order chi connectivity index (χ1) is 14.8. The summed E-state index contributed by atoms with van der Waals surface area (Å²) in [6.45, 7) is 1.78. The van der Waals surface area contributed by atoms with E-state index in [4.69, 9.17) is 29.9 Å². The number of nitrogens with two attached hydrogens (primary N) is 1. The maximum absolute atomic E-state index is 11.8. The first-order valence-corrected chi connectivity index (χ1v) is 8.93. The summed E-state index contributed by atoms with van der Waals surface area (Å²) in [5.41, 5.74) is 6.89. The zero-order chi connectivity index (χ0) is 23.0. The van der Waals surface area contributed by atoms with Gasteiger partial charge in [-0.3, -0.25) is 9.59 Å². The summed E-state index contributed by atoms with van der Waals surface area (Å²) < 4.78 is 26.3. The van der Waals surface area contributed by atoms with E-state index >= 15 is 0 Å². The zero-order valence-electron chi connectivity index (χ0n) is 17.0. The number of methoxy groups -OCH3 is 1. The second-order valence-corrected chi connectivity index (χ2v) is 6.21. The topological polar surface area (TPSA) is 177 Å². The largest absolute Gasteiger partial charge is 0.508 e. The molecule has 0 amide bonds. The van der Waals surface area contributed by atoms with Gasteiger partial charge in [0.2, 0.25) is 0 Å². The lowest BCUT2D eigenvalue weighted by Crippen LogP contribution is -2.47. The monoisotopic (exact) mass is 435 g/mol. The molecule has 2 heterocycles. The lowest BCUT2D eigenvalue weighted by atomic mass is 10.0. The first-order valence-electron chi connectivity index (χ1n) is 8.93. The fourth-order valence-electron chi connectivity index (χ4n) is 2.86. The van der Waals surface area contributed by atoms with Gasteiger partial charge in [-0.25, -0.2) is 14.3 Å². The number of anilines is 1. The Labute approximate surface area is 176 Å². The third-order valence-corrected chi connectivity index (χ3v) is 4.06. The van der Waals surface area contributed by atoms with Crippen LogP contribution < -0.4 is 5.73 Å². The molecule has 0 aliphatic rings. The van der Waals surface area contributed by atoms with Crippen LogP contribution in [0.3, 0.4) is 0 Å². The molecule has 0 saturated heterocycles. The van der Waals surface area contributed by atoms with Crippen molar-refractivity contribution >= 4 is 29.4 Å². The molecule has 2 aromatic rings. The van der Waals surface area contributed by atoms with Crippen molar-refractivity contribution in [1.82, 2.24) is 14.6 Å². The molecule has 2 aromatic heterocycles. The number of esters is 2. The van der Waals surface area contributed by atoms with Crippen molar-refractivity contribution in [3.8, 4) is 6.26 Å². The molecule has 0 fully saturated rings. The van der Waals surface area contributed by atoms with Gasteiger partial charge in [-0.2, -0.15) is 10.4 Å². The number of rotatable bonds is 9. The normalized spacial score (nSPS) is 13.4. The van der Waals surface area contributed by atoms with Crippen LogP contribution in [0.15, 0.2) is 18.5 Å². The Hall–Kier alpha value is -4.08. The van der Waals surface area contributed by atoms with Gasteiger partial charge >= 0.3 is 18.1 Å². The predicted molar refractivity (Wildman–Crippen MR) is 101 cm³/mol. The molecule has 0 aliphatic carbocycles. The lowest BCUT2D eigenvalue weighted by molar-refractivity contribution is -0.177. The highest BCUT2D eigenvalue weighted by Crippen LogP contribution is 2.21. The number of aromatic nitrogens is 3. The molecule has 0 aliphatic heterocycles. The highest BCUT2D eigenvalue weighted by atomic mass is 16.7. The van der Waals surface area contributed by atoms with Gasteiger partial charge in [0.15, 0.2) is 18.0 Å². The Morgan fingerprint density at radius 1 is 1.19 bits per heavy atom. The van der Waals surface area contributed by atoms with Crippen molar-refractivity contribution in [2.45, 2.75) is 38.6 Å². The lowest BCUT2D eigenvalue weighted by Gasteiger charge is -2.30. The summed E-state index contributed by atoms with van der Waals surface area (Å²) in [5, 5.41) is 13.1. The van der Waals surface area contributed by atoms with E-state index in [-0.39, 0.29) is 12.2 Å². The van der Waals surface area contributed by atoms with Gasteiger partial charge in [0, 0.05) is 26.0 Å². The minimum Gasteiger partial charge on any atom is -0.458 e. The summed E-state index contributed by atoms with van der Waals surface area (Å²) in [5.74, 6) is -1.18. The van der Waals surface area contributed by atoms with Gasteiger partial charge < -0.3 is 29.4 Å². The van der Waals surface area contributed by atoms with Gasteiger partial charge in [-0.15, -0.1) is 0 Å². The molecule has 2 N–H and O–H groups in total. The standard InChI is InChI=1S/C18H21N5O8/c1-10(24)30-14(6-12-4-5-13-17(20)21-9-22-23(12)13)16(31-11(2)25)15(29-8-19)7-28-18(26)27-3/h4-5,9,14-16H,6-7H2,1-3H3,(H2,20,21,22)/t14-,15+,16-/m0/s1. The number of ether oxygens (including phenoxy) is 5. The molecule has 31 heavy (non-hydrogen) atoms. The van der Waals surface area contributed by atoms with Crippen LogP contribution in [0.2, 0.25) is 0 Å². The number of nitrogen functional groups attached to an aromatic ring is 1. The van der Waals surface area contributed by atoms with Crippen molar-refractivity contribution in [3.05, 3.63) is 24.2 Å². The van der Waals surface area contributed by atoms with Crippen LogP contribution in [0.1, 0.15) is 19.5 Å². The van der Waals surface area contributed by atoms with E-state index in [0.717, 1.165) is 14.0 Å². The van der Waals surface area contributed by atoms with Gasteiger partial charge in [0.05, 0.1) is 7.11 Å². The molecule has 2 rings (SSSR count). The minimum atomic E-state index is -1.31. The minimum absolute atomic E-state index is 0.00827. The smallest absolute Gasteiger partial charge is 0.458 e. The number of hydrogen-bond acceptors (Lipinski definition) is 12. The van der Waals surface area contributed by atoms with Gasteiger partial charge in [0.25, 0.3) is 6.26 Å². The van der Waals surface area contributed by atoms with Crippen LogP contribution in [0.5, 0.6) is 0 Å². The Balaban J connectivity index is 2.40. The molecule has 0 bridgehead atoms. The van der Waals surface area contributed by atoms with Crippen LogP contribution in [0.25, 0.3) is 5.52 Å².